The molecule has 0 aliphatic rings. The van der Waals surface area contributed by atoms with Crippen molar-refractivity contribution >= 4 is 34.0 Å². The molecule has 0 saturated heterocycles. The lowest BCUT2D eigenvalue weighted by Crippen LogP contribution is -2.26. The number of nitrogens with zero attached hydrogens (tertiary/aromatic N) is 3. The van der Waals surface area contributed by atoms with Crippen molar-refractivity contribution in [2.24, 2.45) is 7.05 Å². The summed E-state index contributed by atoms with van der Waals surface area (Å²) in [7, 11) is 1.46. The van der Waals surface area contributed by atoms with Gasteiger partial charge in [-0.2, -0.15) is 5.10 Å². The molecule has 30 heavy (non-hydrogen) atoms. The van der Waals surface area contributed by atoms with E-state index < -0.39 is 18.5 Å². The number of benzene rings is 2. The number of rotatable bonds is 7. The van der Waals surface area contributed by atoms with Crippen LogP contribution in [0.5, 0.6) is 0 Å². The van der Waals surface area contributed by atoms with E-state index in [1.54, 1.807) is 36.4 Å². The lowest BCUT2D eigenvalue weighted by atomic mass is 10.1. The van der Waals surface area contributed by atoms with Crippen molar-refractivity contribution in [3.63, 3.8) is 0 Å². The fourth-order valence-corrected chi connectivity index (χ4v) is 3.19. The van der Waals surface area contributed by atoms with Gasteiger partial charge in [-0.15, -0.1) is 0 Å². The Bertz CT molecular complexity index is 1120. The molecule has 0 aliphatic carbocycles. The highest BCUT2D eigenvalue weighted by Gasteiger charge is 2.18. The molecule has 3 rings (SSSR count). The van der Waals surface area contributed by atoms with Crippen LogP contribution in [0.15, 0.2) is 53.3 Å². The number of aryl methyl sites for hydroxylation is 1. The van der Waals surface area contributed by atoms with Gasteiger partial charge in [-0.25, -0.2) is 9.48 Å². The fraction of sp³-hybridized carbons (Fsp3) is 0.273. The number of nitrogens with one attached hydrogen (secondary N) is 1. The summed E-state index contributed by atoms with van der Waals surface area (Å²) in [6.45, 7) is 5.49. The van der Waals surface area contributed by atoms with Gasteiger partial charge in [0.05, 0.1) is 5.39 Å². The maximum Gasteiger partial charge on any atom is 0.359 e. The first kappa shape index (κ1) is 21.0. The molecule has 1 heterocycles. The van der Waals surface area contributed by atoms with Crippen molar-refractivity contribution in [1.29, 1.82) is 0 Å². The van der Waals surface area contributed by atoms with Crippen molar-refractivity contribution in [3.8, 4) is 0 Å². The van der Waals surface area contributed by atoms with Crippen molar-refractivity contribution < 1.29 is 14.3 Å². The van der Waals surface area contributed by atoms with Gasteiger partial charge in [0.2, 0.25) is 0 Å². The minimum absolute atomic E-state index is 0.0101. The van der Waals surface area contributed by atoms with Crippen LogP contribution in [0.2, 0.25) is 0 Å². The largest absolute Gasteiger partial charge is 0.451 e. The highest BCUT2D eigenvalue weighted by Crippen LogP contribution is 2.18. The molecule has 8 heteroatoms. The molecule has 1 amide bonds. The van der Waals surface area contributed by atoms with Crippen LogP contribution in [0.4, 0.5) is 11.4 Å². The molecule has 8 nitrogen and oxygen atoms in total. The maximum absolute atomic E-state index is 12.5. The third kappa shape index (κ3) is 4.48. The first-order valence-electron chi connectivity index (χ1n) is 9.72. The van der Waals surface area contributed by atoms with E-state index in [0.717, 1.165) is 23.5 Å². The molecule has 0 bridgehead atoms. The Morgan fingerprint density at radius 1 is 1.03 bits per heavy atom. The second-order valence-electron chi connectivity index (χ2n) is 6.67. The Morgan fingerprint density at radius 3 is 2.30 bits per heavy atom. The number of hydrogen-bond donors (Lipinski definition) is 1. The minimum Gasteiger partial charge on any atom is -0.451 e. The minimum atomic E-state index is -0.770. The van der Waals surface area contributed by atoms with E-state index in [-0.39, 0.29) is 11.3 Å². The number of carbonyl (C=O) groups is 2. The summed E-state index contributed by atoms with van der Waals surface area (Å²) >= 11 is 0. The summed E-state index contributed by atoms with van der Waals surface area (Å²) < 4.78 is 6.20. The SMILES string of the molecule is CCN(CC)c1ccc(NC(=O)COC(=O)c2nn(C)c(=O)c3ccccc23)cc1. The van der Waals surface area contributed by atoms with Crippen LogP contribution >= 0.6 is 0 Å². The number of carbonyl (C=O) groups excluding carboxylic acids is 2. The van der Waals surface area contributed by atoms with Gasteiger partial charge < -0.3 is 15.0 Å². The zero-order chi connectivity index (χ0) is 21.7. The van der Waals surface area contributed by atoms with E-state index in [4.69, 9.17) is 4.74 Å². The molecular formula is C22H24N4O4. The van der Waals surface area contributed by atoms with E-state index in [9.17, 15) is 14.4 Å². The monoisotopic (exact) mass is 408 g/mol. The highest BCUT2D eigenvalue weighted by atomic mass is 16.5. The molecule has 156 valence electrons. The smallest absolute Gasteiger partial charge is 0.359 e. The van der Waals surface area contributed by atoms with Gasteiger partial charge in [0.15, 0.2) is 12.3 Å². The molecule has 0 fully saturated rings. The number of esters is 1. The summed E-state index contributed by atoms with van der Waals surface area (Å²) in [5.41, 5.74) is 1.35. The van der Waals surface area contributed by atoms with Gasteiger partial charge in [0.25, 0.3) is 11.5 Å². The van der Waals surface area contributed by atoms with Crippen molar-refractivity contribution in [3.05, 3.63) is 64.6 Å². The normalized spacial score (nSPS) is 10.6. The maximum atomic E-state index is 12.5. The van der Waals surface area contributed by atoms with Gasteiger partial charge in [-0.3, -0.25) is 9.59 Å². The number of hydrogen-bond acceptors (Lipinski definition) is 6. The third-order valence-electron chi connectivity index (χ3n) is 4.76. The van der Waals surface area contributed by atoms with Gasteiger partial charge >= 0.3 is 5.97 Å². The summed E-state index contributed by atoms with van der Waals surface area (Å²) in [6.07, 6.45) is 0. The molecule has 0 atom stereocenters. The van der Waals surface area contributed by atoms with Gasteiger partial charge in [0.1, 0.15) is 0 Å². The predicted molar refractivity (Wildman–Crippen MR) is 116 cm³/mol. The zero-order valence-electron chi connectivity index (χ0n) is 17.2. The van der Waals surface area contributed by atoms with Crippen molar-refractivity contribution in [2.75, 3.05) is 29.9 Å². The first-order chi connectivity index (χ1) is 14.4. The van der Waals surface area contributed by atoms with E-state index in [0.29, 0.717) is 16.5 Å². The Kier molecular flexibility index (Phi) is 6.46. The Morgan fingerprint density at radius 2 is 1.67 bits per heavy atom. The van der Waals surface area contributed by atoms with Crippen molar-refractivity contribution in [2.45, 2.75) is 13.8 Å². The van der Waals surface area contributed by atoms with Crippen LogP contribution in [-0.4, -0.2) is 41.4 Å². The average molecular weight is 408 g/mol. The Hall–Kier alpha value is -3.68. The highest BCUT2D eigenvalue weighted by molar-refractivity contribution is 6.03. The number of aromatic nitrogens is 2. The fourth-order valence-electron chi connectivity index (χ4n) is 3.19. The Labute approximate surface area is 174 Å². The first-order valence-corrected chi connectivity index (χ1v) is 9.72. The van der Waals surface area contributed by atoms with Crippen LogP contribution < -0.4 is 15.8 Å². The predicted octanol–water partition coefficient (Wildman–Crippen LogP) is 2.58. The quantitative estimate of drug-likeness (QED) is 0.604. The molecule has 2 aromatic carbocycles. The van der Waals surface area contributed by atoms with Crippen LogP contribution in [0.1, 0.15) is 24.3 Å². The molecule has 0 aliphatic heterocycles. The average Bonchev–Trinajstić information content (AvgIpc) is 2.76. The van der Waals surface area contributed by atoms with E-state index >= 15 is 0 Å². The van der Waals surface area contributed by atoms with Crippen molar-refractivity contribution in [1.82, 2.24) is 9.78 Å². The third-order valence-corrected chi connectivity index (χ3v) is 4.76. The van der Waals surface area contributed by atoms with Gasteiger partial charge in [-0.05, 0) is 44.2 Å². The van der Waals surface area contributed by atoms with E-state index in [1.807, 2.05) is 12.1 Å². The molecule has 1 N–H and O–H groups in total. The molecule has 0 radical (unpaired) electrons. The van der Waals surface area contributed by atoms with Gasteiger partial charge in [0, 0.05) is 36.9 Å². The summed E-state index contributed by atoms with van der Waals surface area (Å²) in [4.78, 5) is 39.0. The summed E-state index contributed by atoms with van der Waals surface area (Å²) in [6, 6.07) is 14.1. The van der Waals surface area contributed by atoms with E-state index in [1.165, 1.54) is 7.05 Å². The Balaban J connectivity index is 1.65. The van der Waals surface area contributed by atoms with Crippen LogP contribution in [0, 0.1) is 0 Å². The number of ether oxygens (including phenoxy) is 1. The molecule has 0 spiro atoms. The van der Waals surface area contributed by atoms with Crippen LogP contribution in [0.3, 0.4) is 0 Å². The second-order valence-corrected chi connectivity index (χ2v) is 6.67. The molecule has 1 aromatic heterocycles. The number of anilines is 2. The second kappa shape index (κ2) is 9.21. The van der Waals surface area contributed by atoms with E-state index in [2.05, 4.69) is 29.2 Å². The van der Waals surface area contributed by atoms with Crippen LogP contribution in [0.25, 0.3) is 10.8 Å². The summed E-state index contributed by atoms with van der Waals surface area (Å²) in [5.74, 6) is -1.23. The summed E-state index contributed by atoms with van der Waals surface area (Å²) in [5, 5.41) is 7.44. The number of fused-ring (bicyclic) bond motifs is 1. The molecule has 0 saturated carbocycles. The molecular weight excluding hydrogens is 384 g/mol. The lowest BCUT2D eigenvalue weighted by molar-refractivity contribution is -0.119. The zero-order valence-corrected chi connectivity index (χ0v) is 17.2. The molecule has 0 unspecified atom stereocenters. The van der Waals surface area contributed by atoms with Gasteiger partial charge in [-0.1, -0.05) is 18.2 Å². The lowest BCUT2D eigenvalue weighted by Gasteiger charge is -2.21. The standard InChI is InChI=1S/C22H24N4O4/c1-4-26(5-2)16-12-10-15(11-13-16)23-19(27)14-30-22(29)20-17-8-6-7-9-18(17)21(28)25(3)24-20/h6-13H,4-5,14H2,1-3H3,(H,23,27). The number of amides is 1. The molecule has 3 aromatic rings. The topological polar surface area (TPSA) is 93.5 Å². The van der Waals surface area contributed by atoms with Crippen LogP contribution in [-0.2, 0) is 16.6 Å².